The lowest BCUT2D eigenvalue weighted by Crippen LogP contribution is -2.12. The number of carbonyl (C=O) groups is 1. The molecule has 1 aromatic heterocycles. The van der Waals surface area contributed by atoms with Gasteiger partial charge in [-0.3, -0.25) is 9.89 Å². The van der Waals surface area contributed by atoms with Gasteiger partial charge in [-0.15, -0.1) is 0 Å². The smallest absolute Gasteiger partial charge is 0.259 e. The first-order valence-electron chi connectivity index (χ1n) is 5.02. The van der Waals surface area contributed by atoms with E-state index in [1.165, 1.54) is 6.20 Å². The fourth-order valence-corrected chi connectivity index (χ4v) is 1.41. The molecule has 0 saturated heterocycles. The minimum atomic E-state index is -0.221. The molecule has 0 aliphatic heterocycles. The molecular weight excluding hydrogens is 216 g/mol. The van der Waals surface area contributed by atoms with Crippen molar-refractivity contribution in [3.63, 3.8) is 0 Å². The van der Waals surface area contributed by atoms with E-state index in [0.717, 1.165) is 5.69 Å². The molecule has 5 heteroatoms. The number of carbonyl (C=O) groups excluding carboxylic acids is 1. The largest absolute Gasteiger partial charge is 0.322 e. The first-order valence-corrected chi connectivity index (χ1v) is 5.02. The van der Waals surface area contributed by atoms with Crippen LogP contribution in [0.3, 0.4) is 0 Å². The van der Waals surface area contributed by atoms with E-state index in [9.17, 15) is 4.79 Å². The highest BCUT2D eigenvalue weighted by Gasteiger charge is 2.10. The molecule has 0 radical (unpaired) electrons. The van der Waals surface area contributed by atoms with Crippen molar-refractivity contribution in [2.24, 2.45) is 0 Å². The van der Waals surface area contributed by atoms with Crippen LogP contribution in [0.4, 0.5) is 5.69 Å². The molecule has 0 aliphatic rings. The van der Waals surface area contributed by atoms with Gasteiger partial charge in [-0.05, 0) is 31.2 Å². The Morgan fingerprint density at radius 2 is 2.12 bits per heavy atom. The molecule has 84 valence electrons. The van der Waals surface area contributed by atoms with Crippen LogP contribution in [0.25, 0.3) is 0 Å². The summed E-state index contributed by atoms with van der Waals surface area (Å²) >= 11 is 0. The topological polar surface area (TPSA) is 81.6 Å². The van der Waals surface area contributed by atoms with Crippen molar-refractivity contribution >= 4 is 11.6 Å². The molecule has 1 heterocycles. The molecule has 0 unspecified atom stereocenters. The van der Waals surface area contributed by atoms with Gasteiger partial charge < -0.3 is 5.32 Å². The van der Waals surface area contributed by atoms with Crippen LogP contribution in [-0.2, 0) is 0 Å². The van der Waals surface area contributed by atoms with Crippen molar-refractivity contribution < 1.29 is 4.79 Å². The Labute approximate surface area is 98.1 Å². The lowest BCUT2D eigenvalue weighted by Gasteiger charge is -2.03. The maximum atomic E-state index is 11.8. The minimum absolute atomic E-state index is 0.221. The van der Waals surface area contributed by atoms with Crippen molar-refractivity contribution in [1.29, 1.82) is 5.26 Å². The van der Waals surface area contributed by atoms with E-state index >= 15 is 0 Å². The number of hydrogen-bond donors (Lipinski definition) is 2. The average Bonchev–Trinajstić information content (AvgIpc) is 2.76. The number of hydrogen-bond acceptors (Lipinski definition) is 3. The second-order valence-electron chi connectivity index (χ2n) is 3.55. The van der Waals surface area contributed by atoms with E-state index in [1.54, 1.807) is 31.2 Å². The monoisotopic (exact) mass is 226 g/mol. The Morgan fingerprint density at radius 3 is 2.65 bits per heavy atom. The summed E-state index contributed by atoms with van der Waals surface area (Å²) in [6.07, 6.45) is 1.48. The third-order valence-electron chi connectivity index (χ3n) is 2.35. The molecule has 0 bridgehead atoms. The van der Waals surface area contributed by atoms with Gasteiger partial charge in [0.2, 0.25) is 0 Å². The van der Waals surface area contributed by atoms with Crippen molar-refractivity contribution in [1.82, 2.24) is 10.2 Å². The number of aromatic nitrogens is 2. The predicted octanol–water partition coefficient (Wildman–Crippen LogP) is 1.84. The summed E-state index contributed by atoms with van der Waals surface area (Å²) < 4.78 is 0. The average molecular weight is 226 g/mol. The number of aryl methyl sites for hydroxylation is 1. The second kappa shape index (κ2) is 4.49. The van der Waals surface area contributed by atoms with Crippen LogP contribution in [0.1, 0.15) is 21.6 Å². The third-order valence-corrected chi connectivity index (χ3v) is 2.35. The van der Waals surface area contributed by atoms with Gasteiger partial charge in [-0.1, -0.05) is 0 Å². The fourth-order valence-electron chi connectivity index (χ4n) is 1.41. The number of nitrogens with zero attached hydrogens (tertiary/aromatic N) is 2. The standard InChI is InChI=1S/C12H10N4O/c1-8-11(7-14-16-8)12(17)15-10-4-2-9(6-13)3-5-10/h2-5,7H,1H3,(H,14,16)(H,15,17). The highest BCUT2D eigenvalue weighted by atomic mass is 16.1. The van der Waals surface area contributed by atoms with Gasteiger partial charge in [0.15, 0.2) is 0 Å². The highest BCUT2D eigenvalue weighted by Crippen LogP contribution is 2.11. The van der Waals surface area contributed by atoms with Crippen LogP contribution in [-0.4, -0.2) is 16.1 Å². The first kappa shape index (κ1) is 10.9. The summed E-state index contributed by atoms with van der Waals surface area (Å²) in [4.78, 5) is 11.8. The SMILES string of the molecule is Cc1[nH]ncc1C(=O)Nc1ccc(C#N)cc1. The van der Waals surface area contributed by atoms with Crippen molar-refractivity contribution in [3.8, 4) is 6.07 Å². The zero-order chi connectivity index (χ0) is 12.3. The highest BCUT2D eigenvalue weighted by molar-refractivity contribution is 6.04. The van der Waals surface area contributed by atoms with Crippen LogP contribution in [0, 0.1) is 18.3 Å². The Balaban J connectivity index is 2.14. The lowest BCUT2D eigenvalue weighted by atomic mass is 10.2. The Hall–Kier alpha value is -2.61. The van der Waals surface area contributed by atoms with E-state index in [1.807, 2.05) is 6.07 Å². The molecule has 0 fully saturated rings. The molecule has 0 saturated carbocycles. The van der Waals surface area contributed by atoms with Crippen LogP contribution >= 0.6 is 0 Å². The molecule has 0 atom stereocenters. The maximum absolute atomic E-state index is 11.8. The maximum Gasteiger partial charge on any atom is 0.259 e. The van der Waals surface area contributed by atoms with Gasteiger partial charge in [0.1, 0.15) is 0 Å². The van der Waals surface area contributed by atoms with Gasteiger partial charge in [0.05, 0.1) is 23.4 Å². The summed E-state index contributed by atoms with van der Waals surface area (Å²) in [6.45, 7) is 1.78. The lowest BCUT2D eigenvalue weighted by molar-refractivity contribution is 0.102. The molecule has 5 nitrogen and oxygen atoms in total. The van der Waals surface area contributed by atoms with Crippen molar-refractivity contribution in [2.45, 2.75) is 6.92 Å². The third kappa shape index (κ3) is 2.32. The number of aromatic amines is 1. The van der Waals surface area contributed by atoms with Crippen LogP contribution < -0.4 is 5.32 Å². The Morgan fingerprint density at radius 1 is 1.41 bits per heavy atom. The zero-order valence-electron chi connectivity index (χ0n) is 9.19. The molecule has 2 rings (SSSR count). The van der Waals surface area contributed by atoms with Gasteiger partial charge in [0, 0.05) is 11.4 Å². The van der Waals surface area contributed by atoms with Crippen LogP contribution in [0.15, 0.2) is 30.5 Å². The van der Waals surface area contributed by atoms with Gasteiger partial charge in [-0.25, -0.2) is 0 Å². The molecule has 0 spiro atoms. The Bertz CT molecular complexity index is 577. The van der Waals surface area contributed by atoms with Gasteiger partial charge >= 0.3 is 0 Å². The number of benzene rings is 1. The van der Waals surface area contributed by atoms with Crippen molar-refractivity contribution in [3.05, 3.63) is 47.3 Å². The summed E-state index contributed by atoms with van der Waals surface area (Å²) in [6, 6.07) is 8.69. The van der Waals surface area contributed by atoms with Crippen LogP contribution in [0.2, 0.25) is 0 Å². The number of nitrogens with one attached hydrogen (secondary N) is 2. The molecule has 2 aromatic rings. The number of anilines is 1. The first-order chi connectivity index (χ1) is 8.20. The number of H-pyrrole nitrogens is 1. The second-order valence-corrected chi connectivity index (χ2v) is 3.55. The van der Waals surface area contributed by atoms with E-state index in [4.69, 9.17) is 5.26 Å². The van der Waals surface area contributed by atoms with E-state index in [-0.39, 0.29) is 5.91 Å². The summed E-state index contributed by atoms with van der Waals surface area (Å²) in [5.74, 6) is -0.221. The van der Waals surface area contributed by atoms with Gasteiger partial charge in [-0.2, -0.15) is 10.4 Å². The minimum Gasteiger partial charge on any atom is -0.322 e. The summed E-state index contributed by atoms with van der Waals surface area (Å²) in [7, 11) is 0. The van der Waals surface area contributed by atoms with E-state index in [0.29, 0.717) is 16.8 Å². The predicted molar refractivity (Wildman–Crippen MR) is 62.4 cm³/mol. The summed E-state index contributed by atoms with van der Waals surface area (Å²) in [5, 5.41) is 17.9. The van der Waals surface area contributed by atoms with Crippen molar-refractivity contribution in [2.75, 3.05) is 5.32 Å². The van der Waals surface area contributed by atoms with Gasteiger partial charge in [0.25, 0.3) is 5.91 Å². The van der Waals surface area contributed by atoms with E-state index in [2.05, 4.69) is 15.5 Å². The molecule has 17 heavy (non-hydrogen) atoms. The quantitative estimate of drug-likeness (QED) is 0.819. The molecule has 0 aliphatic carbocycles. The number of amides is 1. The molecule has 1 aromatic carbocycles. The molecule has 1 amide bonds. The Kier molecular flexibility index (Phi) is 2.88. The summed E-state index contributed by atoms with van der Waals surface area (Å²) in [5.41, 5.74) is 2.43. The number of rotatable bonds is 2. The fraction of sp³-hybridized carbons (Fsp3) is 0.0833. The normalized spacial score (nSPS) is 9.65. The van der Waals surface area contributed by atoms with E-state index < -0.39 is 0 Å². The molecular formula is C12H10N4O. The molecule has 2 N–H and O–H groups in total. The number of nitriles is 1. The zero-order valence-corrected chi connectivity index (χ0v) is 9.19. The van der Waals surface area contributed by atoms with Crippen LogP contribution in [0.5, 0.6) is 0 Å².